The summed E-state index contributed by atoms with van der Waals surface area (Å²) >= 11 is 0. The molecule has 2 aliphatic rings. The number of fused-ring (bicyclic) bond motifs is 1. The second-order valence-corrected chi connectivity index (χ2v) is 8.79. The minimum atomic E-state index is -0.00195. The first-order valence-corrected chi connectivity index (χ1v) is 9.36. The zero-order valence-electron chi connectivity index (χ0n) is 15.4. The van der Waals surface area contributed by atoms with E-state index in [4.69, 9.17) is 0 Å². The zero-order chi connectivity index (χ0) is 17.3. The standard InChI is InChI=1S/C20H31N3O/c1-13-17(14-8-5-6-9-14)22-15-10-7-11-21-19(15)18(13)23-16(24)12-20(2,3)4/h7,10-11,13-14,17-18,22H,5-6,8-9,12H2,1-4H3,(H,23,24)/t13-,17+,18+/m0/s1. The highest BCUT2D eigenvalue weighted by Crippen LogP contribution is 2.42. The molecule has 24 heavy (non-hydrogen) atoms. The van der Waals surface area contributed by atoms with E-state index in [0.717, 1.165) is 11.4 Å². The summed E-state index contributed by atoms with van der Waals surface area (Å²) in [5, 5.41) is 7.02. The van der Waals surface area contributed by atoms with Crippen LogP contribution in [0.1, 0.15) is 71.5 Å². The Kier molecular flexibility index (Phi) is 4.84. The second-order valence-electron chi connectivity index (χ2n) is 8.79. The molecule has 1 aliphatic carbocycles. The van der Waals surface area contributed by atoms with Gasteiger partial charge < -0.3 is 10.6 Å². The average molecular weight is 329 g/mol. The number of carbonyl (C=O) groups is 1. The lowest BCUT2D eigenvalue weighted by Crippen LogP contribution is -2.47. The van der Waals surface area contributed by atoms with Crippen LogP contribution in [0.5, 0.6) is 0 Å². The summed E-state index contributed by atoms with van der Waals surface area (Å²) in [7, 11) is 0. The predicted molar refractivity (Wildman–Crippen MR) is 97.7 cm³/mol. The van der Waals surface area contributed by atoms with Gasteiger partial charge in [0.25, 0.3) is 0 Å². The molecule has 2 heterocycles. The smallest absolute Gasteiger partial charge is 0.221 e. The van der Waals surface area contributed by atoms with Gasteiger partial charge in [-0.2, -0.15) is 0 Å². The maximum atomic E-state index is 12.6. The van der Waals surface area contributed by atoms with E-state index in [1.807, 2.05) is 12.3 Å². The van der Waals surface area contributed by atoms with Crippen molar-refractivity contribution in [2.45, 2.75) is 71.9 Å². The normalized spacial score (nSPS) is 27.4. The summed E-state index contributed by atoms with van der Waals surface area (Å²) in [5.41, 5.74) is 2.08. The highest BCUT2D eigenvalue weighted by atomic mass is 16.1. The summed E-state index contributed by atoms with van der Waals surface area (Å²) in [6, 6.07) is 4.49. The fourth-order valence-corrected chi connectivity index (χ4v) is 4.32. The quantitative estimate of drug-likeness (QED) is 0.869. The minimum Gasteiger partial charge on any atom is -0.380 e. The summed E-state index contributed by atoms with van der Waals surface area (Å²) in [6.45, 7) is 8.57. The molecule has 3 rings (SSSR count). The van der Waals surface area contributed by atoms with Crippen LogP contribution >= 0.6 is 0 Å². The molecule has 1 aromatic heterocycles. The number of hydrogen-bond donors (Lipinski definition) is 2. The molecule has 4 heteroatoms. The molecule has 0 unspecified atom stereocenters. The van der Waals surface area contributed by atoms with Crippen molar-refractivity contribution in [3.8, 4) is 0 Å². The van der Waals surface area contributed by atoms with Crippen LogP contribution in [0.2, 0.25) is 0 Å². The van der Waals surface area contributed by atoms with Crippen molar-refractivity contribution in [1.29, 1.82) is 0 Å². The molecule has 2 N–H and O–H groups in total. The van der Waals surface area contributed by atoms with E-state index >= 15 is 0 Å². The highest BCUT2D eigenvalue weighted by Gasteiger charge is 2.40. The molecule has 1 amide bonds. The Morgan fingerprint density at radius 3 is 2.71 bits per heavy atom. The molecule has 0 aromatic carbocycles. The molecule has 0 radical (unpaired) electrons. The van der Waals surface area contributed by atoms with Gasteiger partial charge >= 0.3 is 0 Å². The largest absolute Gasteiger partial charge is 0.380 e. The SMILES string of the molecule is C[C@@H]1[C@@H](NC(=O)CC(C)(C)C)c2ncccc2N[C@H]1C1CCCC1. The number of nitrogens with zero attached hydrogens (tertiary/aromatic N) is 1. The van der Waals surface area contributed by atoms with Crippen molar-refractivity contribution < 1.29 is 4.79 Å². The van der Waals surface area contributed by atoms with Crippen molar-refractivity contribution in [2.24, 2.45) is 17.3 Å². The number of carbonyl (C=O) groups excluding carboxylic acids is 1. The van der Waals surface area contributed by atoms with Gasteiger partial charge in [0.1, 0.15) is 0 Å². The fraction of sp³-hybridized carbons (Fsp3) is 0.700. The van der Waals surface area contributed by atoms with Crippen LogP contribution < -0.4 is 10.6 Å². The third kappa shape index (κ3) is 3.73. The van der Waals surface area contributed by atoms with Crippen molar-refractivity contribution >= 4 is 11.6 Å². The fourth-order valence-electron chi connectivity index (χ4n) is 4.32. The Morgan fingerprint density at radius 1 is 1.33 bits per heavy atom. The van der Waals surface area contributed by atoms with Gasteiger partial charge in [-0.1, -0.05) is 40.5 Å². The minimum absolute atomic E-state index is 0.00195. The van der Waals surface area contributed by atoms with Crippen molar-refractivity contribution in [2.75, 3.05) is 5.32 Å². The van der Waals surface area contributed by atoms with Crippen molar-refractivity contribution in [3.63, 3.8) is 0 Å². The molecule has 4 nitrogen and oxygen atoms in total. The van der Waals surface area contributed by atoms with Crippen LogP contribution in [0.15, 0.2) is 18.3 Å². The van der Waals surface area contributed by atoms with Crippen LogP contribution in [0, 0.1) is 17.3 Å². The Labute approximate surface area is 145 Å². The molecule has 1 fully saturated rings. The molecule has 132 valence electrons. The van der Waals surface area contributed by atoms with Gasteiger partial charge in [0.2, 0.25) is 5.91 Å². The van der Waals surface area contributed by atoms with E-state index in [2.05, 4.69) is 49.4 Å². The molecule has 0 saturated heterocycles. The van der Waals surface area contributed by atoms with Crippen LogP contribution in [0.4, 0.5) is 5.69 Å². The number of rotatable bonds is 3. The van der Waals surface area contributed by atoms with E-state index in [0.29, 0.717) is 24.3 Å². The zero-order valence-corrected chi connectivity index (χ0v) is 15.4. The third-order valence-corrected chi connectivity index (χ3v) is 5.46. The molecular weight excluding hydrogens is 298 g/mol. The molecule has 1 aliphatic heterocycles. The number of anilines is 1. The van der Waals surface area contributed by atoms with Gasteiger partial charge in [-0.05, 0) is 36.3 Å². The first-order valence-electron chi connectivity index (χ1n) is 9.36. The summed E-state index contributed by atoms with van der Waals surface area (Å²) in [4.78, 5) is 17.1. The van der Waals surface area contributed by atoms with Crippen LogP contribution in [0.3, 0.4) is 0 Å². The van der Waals surface area contributed by atoms with Crippen LogP contribution in [0.25, 0.3) is 0 Å². The Bertz CT molecular complexity index is 587. The van der Waals surface area contributed by atoms with Crippen LogP contribution in [-0.4, -0.2) is 16.9 Å². The Balaban J connectivity index is 1.83. The summed E-state index contributed by atoms with van der Waals surface area (Å²) in [6.07, 6.45) is 7.61. The lowest BCUT2D eigenvalue weighted by Gasteiger charge is -2.41. The van der Waals surface area contributed by atoms with E-state index in [9.17, 15) is 4.79 Å². The first kappa shape index (κ1) is 17.2. The first-order chi connectivity index (χ1) is 11.3. The van der Waals surface area contributed by atoms with Crippen molar-refractivity contribution in [1.82, 2.24) is 10.3 Å². The Hall–Kier alpha value is -1.58. The average Bonchev–Trinajstić information content (AvgIpc) is 3.02. The lowest BCUT2D eigenvalue weighted by atomic mass is 9.79. The maximum Gasteiger partial charge on any atom is 0.221 e. The highest BCUT2D eigenvalue weighted by molar-refractivity contribution is 5.77. The molecule has 0 bridgehead atoms. The molecule has 1 aromatic rings. The monoisotopic (exact) mass is 329 g/mol. The number of pyridine rings is 1. The van der Waals surface area contributed by atoms with E-state index in [-0.39, 0.29) is 17.4 Å². The second kappa shape index (κ2) is 6.73. The molecular formula is C20H31N3O. The Morgan fingerprint density at radius 2 is 2.04 bits per heavy atom. The van der Waals surface area contributed by atoms with Gasteiger partial charge in [0, 0.05) is 24.6 Å². The van der Waals surface area contributed by atoms with E-state index in [1.165, 1.54) is 25.7 Å². The lowest BCUT2D eigenvalue weighted by molar-refractivity contribution is -0.124. The van der Waals surface area contributed by atoms with Gasteiger partial charge in [0.15, 0.2) is 0 Å². The van der Waals surface area contributed by atoms with Gasteiger partial charge in [-0.25, -0.2) is 0 Å². The van der Waals surface area contributed by atoms with Gasteiger partial charge in [-0.15, -0.1) is 0 Å². The molecule has 0 spiro atoms. The van der Waals surface area contributed by atoms with E-state index < -0.39 is 0 Å². The summed E-state index contributed by atoms with van der Waals surface area (Å²) < 4.78 is 0. The number of nitrogens with one attached hydrogen (secondary N) is 2. The topological polar surface area (TPSA) is 54.0 Å². The van der Waals surface area contributed by atoms with Gasteiger partial charge in [-0.3, -0.25) is 9.78 Å². The van der Waals surface area contributed by atoms with Gasteiger partial charge in [0.05, 0.1) is 17.4 Å². The molecule has 1 saturated carbocycles. The van der Waals surface area contributed by atoms with Crippen molar-refractivity contribution in [3.05, 3.63) is 24.0 Å². The molecule has 3 atom stereocenters. The third-order valence-electron chi connectivity index (χ3n) is 5.46. The number of amides is 1. The number of hydrogen-bond acceptors (Lipinski definition) is 3. The maximum absolute atomic E-state index is 12.6. The van der Waals surface area contributed by atoms with Crippen LogP contribution in [-0.2, 0) is 4.79 Å². The number of aromatic nitrogens is 1. The van der Waals surface area contributed by atoms with E-state index in [1.54, 1.807) is 0 Å². The summed E-state index contributed by atoms with van der Waals surface area (Å²) in [5.74, 6) is 1.18. The predicted octanol–water partition coefficient (Wildman–Crippen LogP) is 4.30.